The van der Waals surface area contributed by atoms with Crippen molar-refractivity contribution in [2.45, 2.75) is 39.3 Å². The maximum Gasteiger partial charge on any atom is 0.295 e. The van der Waals surface area contributed by atoms with Crippen molar-refractivity contribution < 1.29 is 9.15 Å². The van der Waals surface area contributed by atoms with Gasteiger partial charge in [-0.05, 0) is 68.2 Å². The first-order chi connectivity index (χ1) is 13.3. The van der Waals surface area contributed by atoms with Gasteiger partial charge in [0.05, 0.1) is 0 Å². The first-order valence-electron chi connectivity index (χ1n) is 9.87. The van der Waals surface area contributed by atoms with Crippen molar-refractivity contribution in [2.75, 3.05) is 25.0 Å². The third-order valence-corrected chi connectivity index (χ3v) is 4.94. The first-order valence-corrected chi connectivity index (χ1v) is 9.87. The van der Waals surface area contributed by atoms with E-state index in [9.17, 15) is 0 Å². The summed E-state index contributed by atoms with van der Waals surface area (Å²) in [5, 5.41) is 3.10. The zero-order valence-corrected chi connectivity index (χ0v) is 15.9. The molecule has 0 aliphatic carbocycles. The molecule has 0 spiro atoms. The third kappa shape index (κ3) is 4.61. The van der Waals surface area contributed by atoms with E-state index in [1.807, 2.05) is 31.2 Å². The quantitative estimate of drug-likeness (QED) is 0.650. The molecule has 1 aliphatic rings. The van der Waals surface area contributed by atoms with Gasteiger partial charge in [-0.1, -0.05) is 24.6 Å². The molecule has 2 heterocycles. The second kappa shape index (κ2) is 8.44. The van der Waals surface area contributed by atoms with Crippen molar-refractivity contribution >= 4 is 17.1 Å². The molecule has 0 bridgehead atoms. The molecule has 5 nitrogen and oxygen atoms in total. The monoisotopic (exact) mass is 365 g/mol. The molecule has 3 aromatic rings. The number of rotatable bonds is 7. The van der Waals surface area contributed by atoms with Gasteiger partial charge in [-0.2, -0.15) is 4.98 Å². The van der Waals surface area contributed by atoms with Crippen LogP contribution in [0.4, 0.5) is 6.01 Å². The number of aromatic nitrogens is 1. The molecule has 5 heteroatoms. The number of ether oxygens (including phenoxy) is 1. The summed E-state index contributed by atoms with van der Waals surface area (Å²) in [7, 11) is 0. The van der Waals surface area contributed by atoms with Crippen LogP contribution >= 0.6 is 0 Å². The van der Waals surface area contributed by atoms with Gasteiger partial charge >= 0.3 is 0 Å². The van der Waals surface area contributed by atoms with E-state index < -0.39 is 0 Å². The number of hydrogen-bond acceptors (Lipinski definition) is 5. The predicted molar refractivity (Wildman–Crippen MR) is 108 cm³/mol. The summed E-state index contributed by atoms with van der Waals surface area (Å²) in [6, 6.07) is 15.0. The summed E-state index contributed by atoms with van der Waals surface area (Å²) in [5.74, 6) is 0.915. The molecular formula is C22H27N3O2. The average Bonchev–Trinajstić information content (AvgIpc) is 3.09. The standard InChI is InChI=1S/C22H27N3O2/c1-2-23-22-24-20-14-18(9-10-21(20)27-22)16-26-19-8-6-7-17(13-19)15-25-11-4-3-5-12-25/h6-10,13-14H,2-5,11-12,15-16H2,1H3,(H,23,24). The van der Waals surface area contributed by atoms with Gasteiger partial charge in [0.2, 0.25) is 0 Å². The number of piperidine rings is 1. The molecule has 0 unspecified atom stereocenters. The van der Waals surface area contributed by atoms with Gasteiger partial charge in [-0.15, -0.1) is 0 Å². The fourth-order valence-electron chi connectivity index (χ4n) is 3.57. The van der Waals surface area contributed by atoms with Crippen LogP contribution in [0.25, 0.3) is 11.1 Å². The van der Waals surface area contributed by atoms with E-state index in [2.05, 4.69) is 33.4 Å². The van der Waals surface area contributed by atoms with E-state index in [0.717, 1.165) is 35.5 Å². The second-order valence-electron chi connectivity index (χ2n) is 7.12. The summed E-state index contributed by atoms with van der Waals surface area (Å²) in [6.45, 7) is 6.75. The van der Waals surface area contributed by atoms with E-state index in [-0.39, 0.29) is 0 Å². The Hall–Kier alpha value is -2.53. The number of nitrogens with one attached hydrogen (secondary N) is 1. The Balaban J connectivity index is 1.39. The van der Waals surface area contributed by atoms with Gasteiger partial charge in [0, 0.05) is 13.1 Å². The maximum absolute atomic E-state index is 6.03. The molecule has 1 aromatic heterocycles. The zero-order valence-electron chi connectivity index (χ0n) is 15.9. The van der Waals surface area contributed by atoms with E-state index in [0.29, 0.717) is 12.6 Å². The highest BCUT2D eigenvalue weighted by Gasteiger charge is 2.11. The highest BCUT2D eigenvalue weighted by molar-refractivity contribution is 5.75. The summed E-state index contributed by atoms with van der Waals surface area (Å²) in [6.07, 6.45) is 4.00. The summed E-state index contributed by atoms with van der Waals surface area (Å²) in [4.78, 5) is 6.99. The smallest absolute Gasteiger partial charge is 0.295 e. The molecule has 1 fully saturated rings. The lowest BCUT2D eigenvalue weighted by atomic mass is 10.1. The molecule has 2 aromatic carbocycles. The lowest BCUT2D eigenvalue weighted by Crippen LogP contribution is -2.29. The maximum atomic E-state index is 6.03. The first kappa shape index (κ1) is 17.9. The number of nitrogens with zero attached hydrogens (tertiary/aromatic N) is 2. The van der Waals surface area contributed by atoms with Crippen LogP contribution in [0.15, 0.2) is 46.9 Å². The highest BCUT2D eigenvalue weighted by Crippen LogP contribution is 2.22. The van der Waals surface area contributed by atoms with Crippen molar-refractivity contribution in [2.24, 2.45) is 0 Å². The molecule has 4 rings (SSSR count). The highest BCUT2D eigenvalue weighted by atomic mass is 16.5. The second-order valence-corrected chi connectivity index (χ2v) is 7.12. The van der Waals surface area contributed by atoms with E-state index >= 15 is 0 Å². The van der Waals surface area contributed by atoms with Gasteiger partial charge in [-0.25, -0.2) is 0 Å². The molecule has 0 saturated carbocycles. The van der Waals surface area contributed by atoms with Crippen molar-refractivity contribution in [1.29, 1.82) is 0 Å². The lowest BCUT2D eigenvalue weighted by molar-refractivity contribution is 0.220. The van der Waals surface area contributed by atoms with Crippen LogP contribution in [-0.4, -0.2) is 29.5 Å². The Morgan fingerprint density at radius 3 is 2.81 bits per heavy atom. The van der Waals surface area contributed by atoms with Crippen molar-refractivity contribution in [3.8, 4) is 5.75 Å². The van der Waals surface area contributed by atoms with Crippen LogP contribution in [0.2, 0.25) is 0 Å². The molecular weight excluding hydrogens is 338 g/mol. The minimum Gasteiger partial charge on any atom is -0.489 e. The molecule has 0 radical (unpaired) electrons. The van der Waals surface area contributed by atoms with Crippen LogP contribution in [0.3, 0.4) is 0 Å². The SMILES string of the molecule is CCNc1nc2cc(COc3cccc(CN4CCCCC4)c3)ccc2o1. The molecule has 0 atom stereocenters. The Morgan fingerprint density at radius 2 is 1.96 bits per heavy atom. The lowest BCUT2D eigenvalue weighted by Gasteiger charge is -2.26. The van der Waals surface area contributed by atoms with E-state index in [1.54, 1.807) is 0 Å². The number of likely N-dealkylation sites (tertiary alicyclic amines) is 1. The number of oxazole rings is 1. The number of hydrogen-bond donors (Lipinski definition) is 1. The van der Waals surface area contributed by atoms with Gasteiger partial charge in [0.1, 0.15) is 17.9 Å². The van der Waals surface area contributed by atoms with Crippen LogP contribution < -0.4 is 10.1 Å². The Morgan fingerprint density at radius 1 is 1.07 bits per heavy atom. The van der Waals surface area contributed by atoms with Crippen molar-refractivity contribution in [1.82, 2.24) is 9.88 Å². The van der Waals surface area contributed by atoms with Crippen molar-refractivity contribution in [3.63, 3.8) is 0 Å². The zero-order chi connectivity index (χ0) is 18.5. The predicted octanol–water partition coefficient (Wildman–Crippen LogP) is 4.82. The van der Waals surface area contributed by atoms with Crippen LogP contribution in [-0.2, 0) is 13.2 Å². The Kier molecular flexibility index (Phi) is 5.58. The summed E-state index contributed by atoms with van der Waals surface area (Å²) in [5.41, 5.74) is 4.04. The fourth-order valence-corrected chi connectivity index (χ4v) is 3.57. The van der Waals surface area contributed by atoms with Crippen LogP contribution in [0.1, 0.15) is 37.3 Å². The molecule has 0 amide bonds. The minimum atomic E-state index is 0.520. The minimum absolute atomic E-state index is 0.520. The summed E-state index contributed by atoms with van der Waals surface area (Å²) >= 11 is 0. The van der Waals surface area contributed by atoms with Gasteiger partial charge < -0.3 is 14.5 Å². The fraction of sp³-hybridized carbons (Fsp3) is 0.409. The number of anilines is 1. The number of benzene rings is 2. The third-order valence-electron chi connectivity index (χ3n) is 4.94. The van der Waals surface area contributed by atoms with Crippen molar-refractivity contribution in [3.05, 3.63) is 53.6 Å². The van der Waals surface area contributed by atoms with Crippen LogP contribution in [0, 0.1) is 0 Å². The Bertz CT molecular complexity index is 884. The van der Waals surface area contributed by atoms with E-state index in [1.165, 1.54) is 37.9 Å². The van der Waals surface area contributed by atoms with Gasteiger partial charge in [-0.3, -0.25) is 4.90 Å². The van der Waals surface area contributed by atoms with Crippen LogP contribution in [0.5, 0.6) is 5.75 Å². The normalized spacial score (nSPS) is 15.1. The Labute approximate surface area is 160 Å². The largest absolute Gasteiger partial charge is 0.489 e. The molecule has 1 aliphatic heterocycles. The molecule has 27 heavy (non-hydrogen) atoms. The van der Waals surface area contributed by atoms with Gasteiger partial charge in [0.25, 0.3) is 6.01 Å². The topological polar surface area (TPSA) is 50.5 Å². The average molecular weight is 365 g/mol. The molecule has 1 saturated heterocycles. The number of fused-ring (bicyclic) bond motifs is 1. The molecule has 1 N–H and O–H groups in total. The molecule has 142 valence electrons. The van der Waals surface area contributed by atoms with Gasteiger partial charge in [0.15, 0.2) is 5.58 Å². The van der Waals surface area contributed by atoms with E-state index in [4.69, 9.17) is 9.15 Å². The summed E-state index contributed by atoms with van der Waals surface area (Å²) < 4.78 is 11.7.